The normalized spacial score (nSPS) is 17.8. The molecule has 1 saturated heterocycles. The minimum atomic E-state index is -0.906. The maximum atomic E-state index is 12.0. The Morgan fingerprint density at radius 2 is 2.24 bits per heavy atom. The van der Waals surface area contributed by atoms with Crippen LogP contribution in [0.25, 0.3) is 0 Å². The van der Waals surface area contributed by atoms with Crippen LogP contribution in [0.3, 0.4) is 0 Å². The molecule has 0 spiro atoms. The average molecular weight is 291 g/mol. The molecule has 1 fully saturated rings. The summed E-state index contributed by atoms with van der Waals surface area (Å²) in [7, 11) is 0. The van der Waals surface area contributed by atoms with Gasteiger partial charge in [-0.15, -0.1) is 0 Å². The number of carbonyl (C=O) groups excluding carboxylic acids is 1. The summed E-state index contributed by atoms with van der Waals surface area (Å²) in [5.74, 6) is -0.198. The van der Waals surface area contributed by atoms with Crippen LogP contribution in [0.5, 0.6) is 5.75 Å². The summed E-state index contributed by atoms with van der Waals surface area (Å²) in [5.41, 5.74) is 1.13. The molecule has 1 aromatic carbocycles. The third kappa shape index (κ3) is 4.21. The van der Waals surface area contributed by atoms with Gasteiger partial charge in [-0.3, -0.25) is 4.79 Å². The van der Waals surface area contributed by atoms with Crippen LogP contribution in [0.1, 0.15) is 31.2 Å². The van der Waals surface area contributed by atoms with Crippen LogP contribution in [0.2, 0.25) is 0 Å². The highest BCUT2D eigenvalue weighted by Gasteiger charge is 2.33. The number of benzene rings is 1. The number of hydrogen-bond donors (Lipinski definition) is 1. The van der Waals surface area contributed by atoms with Crippen LogP contribution in [-0.2, 0) is 9.59 Å². The molecule has 1 N–H and O–H groups in total. The van der Waals surface area contributed by atoms with Crippen molar-refractivity contribution >= 4 is 11.9 Å². The molecule has 1 aromatic rings. The van der Waals surface area contributed by atoms with Crippen molar-refractivity contribution in [1.29, 1.82) is 0 Å². The van der Waals surface area contributed by atoms with Gasteiger partial charge in [-0.1, -0.05) is 12.1 Å². The fourth-order valence-corrected chi connectivity index (χ4v) is 2.58. The van der Waals surface area contributed by atoms with E-state index in [-0.39, 0.29) is 5.91 Å². The number of ether oxygens (including phenoxy) is 1. The molecule has 0 aliphatic carbocycles. The van der Waals surface area contributed by atoms with Crippen molar-refractivity contribution in [3.63, 3.8) is 0 Å². The molecule has 21 heavy (non-hydrogen) atoms. The molecule has 5 nitrogen and oxygen atoms in total. The molecule has 2 rings (SSSR count). The zero-order valence-corrected chi connectivity index (χ0v) is 12.2. The topological polar surface area (TPSA) is 66.8 Å². The molecular formula is C16H21NO4. The first-order valence-corrected chi connectivity index (χ1v) is 7.29. The Balaban J connectivity index is 1.73. The number of carboxylic acids is 1. The zero-order chi connectivity index (χ0) is 15.2. The predicted molar refractivity (Wildman–Crippen MR) is 78.3 cm³/mol. The summed E-state index contributed by atoms with van der Waals surface area (Å²) >= 11 is 0. The van der Waals surface area contributed by atoms with Crippen LogP contribution in [-0.4, -0.2) is 41.1 Å². The highest BCUT2D eigenvalue weighted by molar-refractivity contribution is 5.84. The van der Waals surface area contributed by atoms with E-state index < -0.39 is 12.0 Å². The standard InChI is InChI=1S/C16H21NO4/c1-12-5-2-6-13(11-12)21-10-4-8-15(18)17-9-3-7-14(17)16(19)20/h2,5-6,11,14H,3-4,7-10H2,1H3,(H,19,20)/t14-/m0/s1. The smallest absolute Gasteiger partial charge is 0.326 e. The second-order valence-corrected chi connectivity index (χ2v) is 5.35. The van der Waals surface area contributed by atoms with E-state index in [1.807, 2.05) is 31.2 Å². The number of amides is 1. The first-order chi connectivity index (χ1) is 10.1. The fraction of sp³-hybridized carbons (Fsp3) is 0.500. The second kappa shape index (κ2) is 7.11. The molecular weight excluding hydrogens is 270 g/mol. The maximum Gasteiger partial charge on any atom is 0.326 e. The Kier molecular flexibility index (Phi) is 5.20. The monoisotopic (exact) mass is 291 g/mol. The number of hydrogen-bond acceptors (Lipinski definition) is 3. The Bertz CT molecular complexity index is 515. The number of carbonyl (C=O) groups is 2. The lowest BCUT2D eigenvalue weighted by Gasteiger charge is -2.21. The molecule has 0 unspecified atom stereocenters. The van der Waals surface area contributed by atoms with E-state index in [1.165, 1.54) is 4.90 Å². The van der Waals surface area contributed by atoms with Gasteiger partial charge in [0.1, 0.15) is 11.8 Å². The van der Waals surface area contributed by atoms with Gasteiger partial charge >= 0.3 is 5.97 Å². The van der Waals surface area contributed by atoms with E-state index in [9.17, 15) is 9.59 Å². The highest BCUT2D eigenvalue weighted by Crippen LogP contribution is 2.19. The Morgan fingerprint density at radius 1 is 1.43 bits per heavy atom. The lowest BCUT2D eigenvalue weighted by molar-refractivity contribution is -0.148. The van der Waals surface area contributed by atoms with Crippen molar-refractivity contribution in [3.05, 3.63) is 29.8 Å². The van der Waals surface area contributed by atoms with Gasteiger partial charge in [-0.2, -0.15) is 0 Å². The lowest BCUT2D eigenvalue weighted by atomic mass is 10.2. The third-order valence-electron chi connectivity index (χ3n) is 3.65. The van der Waals surface area contributed by atoms with Crippen molar-refractivity contribution in [2.75, 3.05) is 13.2 Å². The minimum Gasteiger partial charge on any atom is -0.494 e. The van der Waals surface area contributed by atoms with E-state index in [1.54, 1.807) is 0 Å². The summed E-state index contributed by atoms with van der Waals surface area (Å²) < 4.78 is 5.59. The van der Waals surface area contributed by atoms with Gasteiger partial charge in [-0.05, 0) is 43.9 Å². The summed E-state index contributed by atoms with van der Waals surface area (Å²) in [6.45, 7) is 3.01. The van der Waals surface area contributed by atoms with Crippen molar-refractivity contribution in [2.45, 2.75) is 38.6 Å². The highest BCUT2D eigenvalue weighted by atomic mass is 16.5. The Labute approximate surface area is 124 Å². The number of carboxylic acid groups (broad SMARTS) is 1. The molecule has 1 heterocycles. The largest absolute Gasteiger partial charge is 0.494 e. The summed E-state index contributed by atoms with van der Waals surface area (Å²) in [4.78, 5) is 24.6. The first kappa shape index (κ1) is 15.4. The molecule has 1 aliphatic rings. The molecule has 1 amide bonds. The van der Waals surface area contributed by atoms with Gasteiger partial charge in [0, 0.05) is 13.0 Å². The lowest BCUT2D eigenvalue weighted by Crippen LogP contribution is -2.40. The predicted octanol–water partition coefficient (Wildman–Crippen LogP) is 2.23. The molecule has 0 radical (unpaired) electrons. The Morgan fingerprint density at radius 3 is 2.95 bits per heavy atom. The first-order valence-electron chi connectivity index (χ1n) is 7.29. The number of likely N-dealkylation sites (tertiary alicyclic amines) is 1. The van der Waals surface area contributed by atoms with Crippen LogP contribution < -0.4 is 4.74 Å². The molecule has 114 valence electrons. The van der Waals surface area contributed by atoms with Crippen molar-refractivity contribution in [2.24, 2.45) is 0 Å². The number of aryl methyl sites for hydroxylation is 1. The fourth-order valence-electron chi connectivity index (χ4n) is 2.58. The van der Waals surface area contributed by atoms with Gasteiger partial charge in [0.25, 0.3) is 0 Å². The van der Waals surface area contributed by atoms with Crippen molar-refractivity contribution in [1.82, 2.24) is 4.90 Å². The summed E-state index contributed by atoms with van der Waals surface area (Å²) in [6, 6.07) is 7.11. The van der Waals surface area contributed by atoms with Gasteiger partial charge < -0.3 is 14.7 Å². The van der Waals surface area contributed by atoms with Gasteiger partial charge in [0.15, 0.2) is 0 Å². The molecule has 1 atom stereocenters. The minimum absolute atomic E-state index is 0.0901. The summed E-state index contributed by atoms with van der Waals surface area (Å²) in [5, 5.41) is 9.06. The third-order valence-corrected chi connectivity index (χ3v) is 3.65. The number of rotatable bonds is 6. The Hall–Kier alpha value is -2.04. The van der Waals surface area contributed by atoms with E-state index in [0.29, 0.717) is 32.4 Å². The molecule has 0 bridgehead atoms. The van der Waals surface area contributed by atoms with E-state index >= 15 is 0 Å². The van der Waals surface area contributed by atoms with E-state index in [4.69, 9.17) is 9.84 Å². The average Bonchev–Trinajstić information content (AvgIpc) is 2.93. The van der Waals surface area contributed by atoms with Crippen LogP contribution >= 0.6 is 0 Å². The van der Waals surface area contributed by atoms with Crippen LogP contribution in [0, 0.1) is 6.92 Å². The second-order valence-electron chi connectivity index (χ2n) is 5.35. The quantitative estimate of drug-likeness (QED) is 0.816. The molecule has 0 saturated carbocycles. The summed E-state index contributed by atoms with van der Waals surface area (Å²) in [6.07, 6.45) is 2.24. The van der Waals surface area contributed by atoms with Gasteiger partial charge in [0.05, 0.1) is 6.61 Å². The SMILES string of the molecule is Cc1cccc(OCCCC(=O)N2CCC[C@H]2C(=O)O)c1. The van der Waals surface area contributed by atoms with Crippen LogP contribution in [0.4, 0.5) is 0 Å². The van der Waals surface area contributed by atoms with Gasteiger partial charge in [0.2, 0.25) is 5.91 Å². The van der Waals surface area contributed by atoms with Crippen LogP contribution in [0.15, 0.2) is 24.3 Å². The van der Waals surface area contributed by atoms with Crippen molar-refractivity contribution < 1.29 is 19.4 Å². The van der Waals surface area contributed by atoms with E-state index in [2.05, 4.69) is 0 Å². The molecule has 5 heteroatoms. The molecule has 1 aliphatic heterocycles. The maximum absolute atomic E-state index is 12.0. The number of nitrogens with zero attached hydrogens (tertiary/aromatic N) is 1. The zero-order valence-electron chi connectivity index (χ0n) is 12.2. The van der Waals surface area contributed by atoms with Gasteiger partial charge in [-0.25, -0.2) is 4.79 Å². The number of aliphatic carboxylic acids is 1. The van der Waals surface area contributed by atoms with E-state index in [0.717, 1.165) is 17.7 Å². The molecule has 0 aromatic heterocycles. The van der Waals surface area contributed by atoms with Crippen molar-refractivity contribution in [3.8, 4) is 5.75 Å².